The maximum atomic E-state index is 13.1. The number of H-pyrrole nitrogens is 2. The number of aliphatic hydroxyl groups excluding tert-OH is 2. The molecule has 0 radical (unpaired) electrons. The van der Waals surface area contributed by atoms with E-state index < -0.39 is 59.4 Å². The van der Waals surface area contributed by atoms with Gasteiger partial charge in [-0.25, -0.2) is 9.98 Å². The van der Waals surface area contributed by atoms with Crippen molar-refractivity contribution in [2.45, 2.75) is 23.9 Å². The summed E-state index contributed by atoms with van der Waals surface area (Å²) in [5, 5.41) is 33.8. The number of hydrogen-bond acceptors (Lipinski definition) is 10. The van der Waals surface area contributed by atoms with Crippen LogP contribution in [-0.4, -0.2) is 86.8 Å². The van der Waals surface area contributed by atoms with Gasteiger partial charge in [0, 0.05) is 24.9 Å². The summed E-state index contributed by atoms with van der Waals surface area (Å²) < 4.78 is 2.41. The average Bonchev–Trinajstić information content (AvgIpc) is 3.66. The lowest BCUT2D eigenvalue weighted by atomic mass is 9.76. The Morgan fingerprint density at radius 1 is 0.902 bits per heavy atom. The Labute approximate surface area is 265 Å². The Kier molecular flexibility index (Phi) is 8.29. The molecule has 2 aromatic heterocycles. The summed E-state index contributed by atoms with van der Waals surface area (Å²) in [6, 6.07) is 1.99. The molecule has 0 aromatic carbocycles. The number of nitrogens with zero attached hydrogens (tertiary/aromatic N) is 2. The van der Waals surface area contributed by atoms with Gasteiger partial charge in [0.25, 0.3) is 17.7 Å². The minimum absolute atomic E-state index is 0.0792. The number of aromatic nitrogens is 2. The number of aliphatic imine (C=N–C) groups is 2. The van der Waals surface area contributed by atoms with Crippen molar-refractivity contribution in [3.63, 3.8) is 0 Å². The zero-order valence-electron chi connectivity index (χ0n) is 20.7. The van der Waals surface area contributed by atoms with Crippen molar-refractivity contribution in [2.75, 3.05) is 13.1 Å². The first-order valence-electron chi connectivity index (χ1n) is 12.1. The van der Waals surface area contributed by atoms with Gasteiger partial charge in [0.05, 0.1) is 24.3 Å². The molecule has 3 amide bonds. The molecule has 3 aliphatic rings. The predicted molar refractivity (Wildman–Crippen MR) is 161 cm³/mol. The van der Waals surface area contributed by atoms with Crippen LogP contribution in [0, 0.1) is 17.8 Å². The molecule has 1 saturated carbocycles. The molecule has 0 saturated heterocycles. The molecule has 5 rings (SSSR count). The molecule has 15 nitrogen and oxygen atoms in total. The summed E-state index contributed by atoms with van der Waals surface area (Å²) in [6.07, 6.45) is -2.98. The largest absolute Gasteiger partial charge is 0.390 e. The smallest absolute Gasteiger partial charge is 0.267 e. The van der Waals surface area contributed by atoms with Crippen molar-refractivity contribution < 1.29 is 24.6 Å². The van der Waals surface area contributed by atoms with Crippen LogP contribution < -0.4 is 32.7 Å². The normalized spacial score (nSPS) is 30.6. The summed E-state index contributed by atoms with van der Waals surface area (Å²) >= 11 is 13.2. The van der Waals surface area contributed by atoms with Crippen molar-refractivity contribution in [3.8, 4) is 0 Å². The fourth-order valence-corrected chi connectivity index (χ4v) is 7.14. The van der Waals surface area contributed by atoms with Gasteiger partial charge < -0.3 is 47.6 Å². The number of carbonyl (C=O) groups excluding carboxylic acids is 3. The number of carbonyl (C=O) groups is 3. The van der Waals surface area contributed by atoms with Gasteiger partial charge >= 0.3 is 0 Å². The van der Waals surface area contributed by atoms with Crippen molar-refractivity contribution in [2.24, 2.45) is 39.2 Å². The first kappa shape index (κ1) is 30.0. The van der Waals surface area contributed by atoms with E-state index in [1.165, 1.54) is 0 Å². The molecule has 7 atom stereocenters. The maximum Gasteiger partial charge on any atom is 0.267 e. The lowest BCUT2D eigenvalue weighted by molar-refractivity contribution is -0.123. The second kappa shape index (κ2) is 11.3. The Bertz CT molecular complexity index is 1440. The molecule has 2 aliphatic heterocycles. The standard InChI is InChI=1S/C22H24Br4N10O5/c23-7-1-9(31-14(7)25)16(38)29-3-5-6(4-30-17(39)10-2-8(24)15(26)32-10)13(37)22(19(41)35-21(28)36-22)11(5)12-18(40)34-20(27)33-12/h1-2,5-6,11-13,19,31-32,37,41H,3-4H2,(H,29,38)(H,30,39)(H3,28,35,36)(H3,27,33,34,40)/t5-,6-,11-,12-,13+,19-,22+/m1/s1. The molecule has 19 heteroatoms. The summed E-state index contributed by atoms with van der Waals surface area (Å²) in [5.74, 6) is -4.31. The number of nitrogens with two attached hydrogens (primary N) is 2. The van der Waals surface area contributed by atoms with Crippen LogP contribution >= 0.6 is 63.7 Å². The molecule has 220 valence electrons. The number of amides is 3. The molecular weight excluding hydrogens is 804 g/mol. The third-order valence-electron chi connectivity index (χ3n) is 7.57. The second-order valence-corrected chi connectivity index (χ2v) is 13.1. The van der Waals surface area contributed by atoms with Gasteiger partial charge in [-0.15, -0.1) is 0 Å². The van der Waals surface area contributed by atoms with Crippen LogP contribution in [0.2, 0.25) is 0 Å². The van der Waals surface area contributed by atoms with Crippen molar-refractivity contribution in [1.29, 1.82) is 0 Å². The van der Waals surface area contributed by atoms with Crippen LogP contribution in [0.1, 0.15) is 21.0 Å². The van der Waals surface area contributed by atoms with Gasteiger partial charge in [0.15, 0.2) is 18.1 Å². The Morgan fingerprint density at radius 3 is 1.85 bits per heavy atom. The second-order valence-electron chi connectivity index (χ2n) is 9.80. The highest BCUT2D eigenvalue weighted by atomic mass is 79.9. The number of hydrogen-bond donors (Lipinski definition) is 10. The maximum absolute atomic E-state index is 13.1. The highest BCUT2D eigenvalue weighted by molar-refractivity contribution is 9.13. The lowest BCUT2D eigenvalue weighted by Crippen LogP contribution is -2.65. The SMILES string of the molecule is NC1=N[C@H]([C@H]2[C@H](CNC(=O)c3cc(Br)c(Br)[nH]3)[C@@H](CNC(=O)c3cc(Br)c(Br)[nH]3)[C@H](O)[C@@]23NC(N)=N[C@@H]3O)C(=O)N1. The van der Waals surface area contributed by atoms with Crippen LogP contribution in [-0.2, 0) is 4.79 Å². The van der Waals surface area contributed by atoms with E-state index in [9.17, 15) is 24.6 Å². The highest BCUT2D eigenvalue weighted by Gasteiger charge is 2.68. The number of aliphatic hydroxyl groups is 2. The third-order valence-corrected chi connectivity index (χ3v) is 11.1. The zero-order chi connectivity index (χ0) is 29.8. The average molecular weight is 828 g/mol. The fraction of sp³-hybridized carbons (Fsp3) is 0.409. The first-order valence-corrected chi connectivity index (χ1v) is 15.3. The van der Waals surface area contributed by atoms with E-state index in [0.717, 1.165) is 0 Å². The third kappa shape index (κ3) is 5.31. The molecule has 41 heavy (non-hydrogen) atoms. The molecule has 0 unspecified atom stereocenters. The van der Waals surface area contributed by atoms with E-state index in [4.69, 9.17) is 11.5 Å². The highest BCUT2D eigenvalue weighted by Crippen LogP contribution is 2.50. The summed E-state index contributed by atoms with van der Waals surface area (Å²) in [4.78, 5) is 53.0. The fourth-order valence-electron chi connectivity index (χ4n) is 5.83. The number of guanidine groups is 2. The monoisotopic (exact) mass is 824 g/mol. The predicted octanol–water partition coefficient (Wildman–Crippen LogP) is -0.436. The molecule has 4 heterocycles. The minimum Gasteiger partial charge on any atom is -0.390 e. The van der Waals surface area contributed by atoms with Gasteiger partial charge in [-0.05, 0) is 81.8 Å². The van der Waals surface area contributed by atoms with E-state index in [2.05, 4.69) is 105 Å². The topological polar surface area (TPSA) is 248 Å². The van der Waals surface area contributed by atoms with Crippen molar-refractivity contribution >= 4 is 93.4 Å². The van der Waals surface area contributed by atoms with Gasteiger partial charge in [-0.3, -0.25) is 19.7 Å². The lowest BCUT2D eigenvalue weighted by Gasteiger charge is -2.39. The van der Waals surface area contributed by atoms with Crippen LogP contribution in [0.25, 0.3) is 0 Å². The van der Waals surface area contributed by atoms with Gasteiger partial charge in [0.2, 0.25) is 0 Å². The van der Waals surface area contributed by atoms with Crippen LogP contribution in [0.15, 0.2) is 40.3 Å². The molecule has 12 N–H and O–H groups in total. The van der Waals surface area contributed by atoms with E-state index in [-0.39, 0.29) is 36.4 Å². The minimum atomic E-state index is -1.68. The summed E-state index contributed by atoms with van der Waals surface area (Å²) in [6.45, 7) is -0.182. The van der Waals surface area contributed by atoms with Gasteiger partial charge in [0.1, 0.15) is 23.0 Å². The van der Waals surface area contributed by atoms with Gasteiger partial charge in [-0.2, -0.15) is 0 Å². The molecule has 1 spiro atoms. The molecule has 2 aromatic rings. The Morgan fingerprint density at radius 2 is 1.44 bits per heavy atom. The molecular formula is C22H24Br4N10O5. The quantitative estimate of drug-likeness (QED) is 0.175. The van der Waals surface area contributed by atoms with E-state index in [0.29, 0.717) is 18.2 Å². The van der Waals surface area contributed by atoms with Gasteiger partial charge in [-0.1, -0.05) is 0 Å². The van der Waals surface area contributed by atoms with Crippen molar-refractivity contribution in [3.05, 3.63) is 41.7 Å². The van der Waals surface area contributed by atoms with E-state index >= 15 is 0 Å². The Hall–Kier alpha value is -2.45. The number of aromatic amines is 2. The molecule has 1 aliphatic carbocycles. The summed E-state index contributed by atoms with van der Waals surface area (Å²) in [5.41, 5.74) is 10.5. The van der Waals surface area contributed by atoms with Crippen LogP contribution in [0.4, 0.5) is 0 Å². The Balaban J connectivity index is 1.49. The molecule has 1 fully saturated rings. The van der Waals surface area contributed by atoms with Crippen LogP contribution in [0.3, 0.4) is 0 Å². The number of rotatable bonds is 7. The van der Waals surface area contributed by atoms with E-state index in [1.807, 2.05) is 0 Å². The first-order chi connectivity index (χ1) is 19.3. The summed E-state index contributed by atoms with van der Waals surface area (Å²) in [7, 11) is 0. The number of nitrogens with one attached hydrogen (secondary N) is 6. The van der Waals surface area contributed by atoms with Crippen LogP contribution in [0.5, 0.6) is 0 Å². The number of halogens is 4. The van der Waals surface area contributed by atoms with Crippen molar-refractivity contribution in [1.82, 2.24) is 31.2 Å². The zero-order valence-corrected chi connectivity index (χ0v) is 27.1. The molecule has 0 bridgehead atoms. The van der Waals surface area contributed by atoms with E-state index in [1.54, 1.807) is 12.1 Å².